The zero-order valence-electron chi connectivity index (χ0n) is 24.7. The highest BCUT2D eigenvalue weighted by molar-refractivity contribution is 6.30. The summed E-state index contributed by atoms with van der Waals surface area (Å²) in [4.78, 5) is 12.9. The molecule has 15 heteroatoms. The Morgan fingerprint density at radius 3 is 2.37 bits per heavy atom. The number of halogens is 2. The first-order valence-corrected chi connectivity index (χ1v) is 14.8. The predicted octanol–water partition coefficient (Wildman–Crippen LogP) is 0.761. The Labute approximate surface area is 268 Å². The maximum Gasteiger partial charge on any atom is 0.247 e. The maximum absolute atomic E-state index is 13.9. The molecular formula is C31H35ClFNO12. The van der Waals surface area contributed by atoms with E-state index in [1.54, 1.807) is 13.0 Å². The molecule has 3 aliphatic rings. The first-order chi connectivity index (χ1) is 21.8. The minimum atomic E-state index is -1.51. The maximum atomic E-state index is 13.9. The van der Waals surface area contributed by atoms with Crippen molar-refractivity contribution in [3.05, 3.63) is 70.0 Å². The van der Waals surface area contributed by atoms with Gasteiger partial charge in [0.1, 0.15) is 62.2 Å². The summed E-state index contributed by atoms with van der Waals surface area (Å²) in [6.07, 6.45) is -8.26. The zero-order valence-corrected chi connectivity index (χ0v) is 25.5. The molecule has 13 nitrogen and oxygen atoms in total. The van der Waals surface area contributed by atoms with Crippen LogP contribution >= 0.6 is 11.6 Å². The smallest absolute Gasteiger partial charge is 0.247 e. The standard InChI is InChI=1S/C31H35ClFNO12/c1-13(7-8-42-19-6-4-16(32)11-17(19)33)27-25(39)26(40)31(46-27)45-20-5-3-15(10-18(20)35)9-14(2)30(41)34-21-22(36)24(38)29-28(23(21)37)43-12-44-29/h3-7,9-11,21-29,31,35-40H,8,12H2,1-2H3,(H,34,41)/b13-7+,14-9+/t21-,22+,23-,24-,25+,26+,27-,28+,29-,31-/m1/s1. The third-order valence-corrected chi connectivity index (χ3v) is 8.31. The van der Waals surface area contributed by atoms with Crippen LogP contribution in [0.25, 0.3) is 6.08 Å². The van der Waals surface area contributed by atoms with E-state index < -0.39 is 72.9 Å². The molecule has 1 amide bonds. The molecule has 5 rings (SSSR count). The molecule has 250 valence electrons. The van der Waals surface area contributed by atoms with Gasteiger partial charge in [-0.05, 0) is 67.5 Å². The van der Waals surface area contributed by atoms with Gasteiger partial charge in [0.05, 0.1) is 6.04 Å². The van der Waals surface area contributed by atoms with Crippen molar-refractivity contribution >= 4 is 23.6 Å². The number of carbonyl (C=O) groups is 1. The van der Waals surface area contributed by atoms with Gasteiger partial charge in [0.25, 0.3) is 0 Å². The van der Waals surface area contributed by atoms with Crippen molar-refractivity contribution in [2.75, 3.05) is 13.4 Å². The van der Waals surface area contributed by atoms with Crippen LogP contribution in [0.4, 0.5) is 4.39 Å². The van der Waals surface area contributed by atoms with E-state index in [9.17, 15) is 39.8 Å². The van der Waals surface area contributed by atoms with E-state index in [1.165, 1.54) is 43.3 Å². The molecule has 0 radical (unpaired) electrons. The van der Waals surface area contributed by atoms with E-state index in [1.807, 2.05) is 0 Å². The number of benzene rings is 2. The normalized spacial score (nSPS) is 33.1. The summed E-state index contributed by atoms with van der Waals surface area (Å²) in [6.45, 7) is 2.89. The summed E-state index contributed by atoms with van der Waals surface area (Å²) in [5.74, 6) is -1.72. The van der Waals surface area contributed by atoms with Crippen LogP contribution in [0.1, 0.15) is 19.4 Å². The lowest BCUT2D eigenvalue weighted by atomic mass is 9.83. The molecule has 1 saturated carbocycles. The van der Waals surface area contributed by atoms with Crippen LogP contribution in [0.2, 0.25) is 5.02 Å². The van der Waals surface area contributed by atoms with Crippen LogP contribution < -0.4 is 14.8 Å². The van der Waals surface area contributed by atoms with Gasteiger partial charge in [-0.3, -0.25) is 4.79 Å². The van der Waals surface area contributed by atoms with Gasteiger partial charge in [0, 0.05) is 10.6 Å². The van der Waals surface area contributed by atoms with Crippen LogP contribution in [0.5, 0.6) is 17.2 Å². The number of fused-ring (bicyclic) bond motifs is 1. The van der Waals surface area contributed by atoms with E-state index in [4.69, 9.17) is 35.3 Å². The van der Waals surface area contributed by atoms with E-state index in [2.05, 4.69) is 5.32 Å². The van der Waals surface area contributed by atoms with Gasteiger partial charge < -0.3 is 59.6 Å². The van der Waals surface area contributed by atoms with Crippen molar-refractivity contribution < 1.29 is 63.5 Å². The number of rotatable bonds is 9. The van der Waals surface area contributed by atoms with Gasteiger partial charge in [0.15, 0.2) is 23.1 Å². The quantitative estimate of drug-likeness (QED) is 0.147. The topological polar surface area (TPSA) is 197 Å². The number of aromatic hydroxyl groups is 1. The van der Waals surface area contributed by atoms with Crippen LogP contribution in [0.3, 0.4) is 0 Å². The van der Waals surface area contributed by atoms with Crippen LogP contribution in [0.15, 0.2) is 53.6 Å². The van der Waals surface area contributed by atoms with Crippen molar-refractivity contribution in [3.8, 4) is 17.2 Å². The van der Waals surface area contributed by atoms with Crippen LogP contribution in [-0.2, 0) is 19.0 Å². The largest absolute Gasteiger partial charge is 0.504 e. The molecule has 10 atom stereocenters. The number of amides is 1. The first-order valence-electron chi connectivity index (χ1n) is 14.4. The fraction of sp³-hybridized carbons (Fsp3) is 0.452. The lowest BCUT2D eigenvalue weighted by Crippen LogP contribution is -2.67. The number of nitrogens with one attached hydrogen (secondary N) is 1. The average molecular weight is 668 g/mol. The van der Waals surface area contributed by atoms with Crippen molar-refractivity contribution in [2.24, 2.45) is 0 Å². The molecule has 2 aromatic carbocycles. The number of ether oxygens (including phenoxy) is 5. The fourth-order valence-electron chi connectivity index (χ4n) is 5.48. The number of phenolic OH excluding ortho intramolecular Hbond substituents is 1. The minimum absolute atomic E-state index is 0.0125. The molecule has 1 aliphatic carbocycles. The van der Waals surface area contributed by atoms with Crippen LogP contribution in [0, 0.1) is 5.82 Å². The Hall–Kier alpha value is -3.31. The summed E-state index contributed by atoms with van der Waals surface area (Å²) >= 11 is 5.75. The number of aliphatic hydroxyl groups excluding tert-OH is 5. The van der Waals surface area contributed by atoms with E-state index in [0.29, 0.717) is 11.1 Å². The molecule has 2 saturated heterocycles. The number of aliphatic hydroxyl groups is 5. The molecule has 2 aliphatic heterocycles. The highest BCUT2D eigenvalue weighted by atomic mass is 35.5. The van der Waals surface area contributed by atoms with Crippen molar-refractivity contribution in [3.63, 3.8) is 0 Å². The van der Waals surface area contributed by atoms with Gasteiger partial charge in [-0.15, -0.1) is 0 Å². The summed E-state index contributed by atoms with van der Waals surface area (Å²) < 4.78 is 41.2. The predicted molar refractivity (Wildman–Crippen MR) is 158 cm³/mol. The molecule has 0 unspecified atom stereocenters. The second kappa shape index (κ2) is 14.2. The Bertz CT molecular complexity index is 1490. The van der Waals surface area contributed by atoms with Gasteiger partial charge in [-0.25, -0.2) is 4.39 Å². The minimum Gasteiger partial charge on any atom is -0.504 e. The summed E-state index contributed by atoms with van der Waals surface area (Å²) in [5, 5.41) is 65.8. The fourth-order valence-corrected chi connectivity index (χ4v) is 5.64. The molecule has 0 bridgehead atoms. The second-order valence-electron chi connectivity index (χ2n) is 11.3. The second-order valence-corrected chi connectivity index (χ2v) is 11.7. The molecule has 2 heterocycles. The number of carbonyl (C=O) groups excluding carboxylic acids is 1. The Kier molecular flexibility index (Phi) is 10.5. The van der Waals surface area contributed by atoms with Crippen molar-refractivity contribution in [2.45, 2.75) is 75.0 Å². The highest BCUT2D eigenvalue weighted by Gasteiger charge is 2.53. The van der Waals surface area contributed by atoms with E-state index >= 15 is 0 Å². The van der Waals surface area contributed by atoms with Gasteiger partial charge >= 0.3 is 0 Å². The molecular weight excluding hydrogens is 633 g/mol. The third kappa shape index (κ3) is 7.15. The van der Waals surface area contributed by atoms with E-state index in [-0.39, 0.29) is 41.2 Å². The molecule has 2 aromatic rings. The molecule has 46 heavy (non-hydrogen) atoms. The Morgan fingerprint density at radius 1 is 0.978 bits per heavy atom. The SMILES string of the molecule is C/C(=C\c1ccc(O[C@@H]2O[C@H](/C(C)=C/COc3ccc(Cl)cc3F)[C@@H](O)[C@@H]2O)c(O)c1)C(=O)N[C@@H]1[C@H](O)[C@@H](O)[C@H]2OCO[C@H]2[C@@H]1O. The van der Waals surface area contributed by atoms with Crippen LogP contribution in [-0.4, -0.2) is 111 Å². The highest BCUT2D eigenvalue weighted by Crippen LogP contribution is 2.34. The average Bonchev–Trinajstić information content (AvgIpc) is 3.62. The molecule has 7 N–H and O–H groups in total. The molecule has 0 spiro atoms. The summed E-state index contributed by atoms with van der Waals surface area (Å²) in [6, 6.07) is 6.94. The monoisotopic (exact) mass is 667 g/mol. The van der Waals surface area contributed by atoms with Crippen molar-refractivity contribution in [1.82, 2.24) is 5.32 Å². The molecule has 0 aromatic heterocycles. The summed E-state index contributed by atoms with van der Waals surface area (Å²) in [7, 11) is 0. The lowest BCUT2D eigenvalue weighted by molar-refractivity contribution is -0.155. The third-order valence-electron chi connectivity index (χ3n) is 8.08. The van der Waals surface area contributed by atoms with Crippen molar-refractivity contribution in [1.29, 1.82) is 0 Å². The first kappa shape index (κ1) is 34.0. The van der Waals surface area contributed by atoms with E-state index in [0.717, 1.165) is 6.07 Å². The van der Waals surface area contributed by atoms with Gasteiger partial charge in [0.2, 0.25) is 12.2 Å². The Morgan fingerprint density at radius 2 is 1.67 bits per heavy atom. The van der Waals surface area contributed by atoms with Gasteiger partial charge in [-0.2, -0.15) is 0 Å². The number of phenols is 1. The number of hydrogen-bond donors (Lipinski definition) is 7. The molecule has 3 fully saturated rings. The number of hydrogen-bond acceptors (Lipinski definition) is 12. The lowest BCUT2D eigenvalue weighted by Gasteiger charge is -2.41. The van der Waals surface area contributed by atoms with Gasteiger partial charge in [-0.1, -0.05) is 17.7 Å². The summed E-state index contributed by atoms with van der Waals surface area (Å²) in [5.41, 5.74) is 1.02. The zero-order chi connectivity index (χ0) is 33.3. The Balaban J connectivity index is 1.18.